The molecule has 6 aromatic carbocycles. The molecule has 6 aromatic rings. The Bertz CT molecular complexity index is 3420. The van der Waals surface area contributed by atoms with Crippen LogP contribution in [-0.2, 0) is 71.5 Å². The maximum atomic E-state index is 14.5. The number of aliphatic hydroxyl groups excluding tert-OH is 3. The number of ether oxygens (including phenoxy) is 13. The topological polar surface area (TPSA) is 350 Å². The van der Waals surface area contributed by atoms with E-state index in [0.29, 0.717) is 5.75 Å². The molecule has 0 saturated carbocycles. The van der Waals surface area contributed by atoms with Crippen molar-refractivity contribution in [3.05, 3.63) is 204 Å². The molecule has 26 nitrogen and oxygen atoms in total. The first-order valence-corrected chi connectivity index (χ1v) is 28.3. The quantitative estimate of drug-likeness (QED) is 0.0379. The summed E-state index contributed by atoms with van der Waals surface area (Å²) in [5, 5.41) is 35.7. The van der Waals surface area contributed by atoms with Crippen LogP contribution in [0, 0.1) is 0 Å². The Balaban J connectivity index is 1.17. The largest absolute Gasteiger partial charge is 0.726 e. The van der Waals surface area contributed by atoms with Crippen molar-refractivity contribution in [1.82, 2.24) is 0 Å². The van der Waals surface area contributed by atoms with Crippen molar-refractivity contribution >= 4 is 46.2 Å². The highest BCUT2D eigenvalue weighted by atomic mass is 32.3. The van der Waals surface area contributed by atoms with E-state index in [2.05, 4.69) is 4.18 Å². The lowest BCUT2D eigenvalue weighted by Crippen LogP contribution is -2.69. The number of hydrogen-bond acceptors (Lipinski definition) is 26. The third kappa shape index (κ3) is 15.7. The molecule has 3 N–H and O–H groups in total. The average Bonchev–Trinajstić information content (AvgIpc) is 1.16. The minimum absolute atomic E-state index is 0.0107. The molecule has 3 heterocycles. The lowest BCUT2D eigenvalue weighted by Gasteiger charge is -2.49. The van der Waals surface area contributed by atoms with Crippen LogP contribution >= 0.6 is 0 Å². The van der Waals surface area contributed by atoms with Crippen molar-refractivity contribution in [2.24, 2.45) is 0 Å². The van der Waals surface area contributed by atoms with E-state index in [1.54, 1.807) is 30.3 Å². The second-order valence-corrected chi connectivity index (χ2v) is 20.6. The number of benzene rings is 6. The molecule has 0 unspecified atom stereocenters. The highest BCUT2D eigenvalue weighted by Gasteiger charge is 2.60. The molecule has 0 amide bonds. The molecule has 3 saturated heterocycles. The zero-order valence-corrected chi connectivity index (χ0v) is 47.3. The molecular weight excluding hydrogens is 1180 g/mol. The summed E-state index contributed by atoms with van der Waals surface area (Å²) in [5.41, 5.74) is -0.477. The molecule has 3 aliphatic heterocycles. The molecule has 0 bridgehead atoms. The van der Waals surface area contributed by atoms with Crippen molar-refractivity contribution in [1.29, 1.82) is 0 Å². The predicted octanol–water partition coefficient (Wildman–Crippen LogP) is 3.51. The van der Waals surface area contributed by atoms with Crippen LogP contribution < -0.4 is 9.47 Å². The smallest absolute Gasteiger partial charge is 0.339 e. The van der Waals surface area contributed by atoms with Gasteiger partial charge in [0.25, 0.3) is 0 Å². The predicted molar refractivity (Wildman–Crippen MR) is 294 cm³/mol. The van der Waals surface area contributed by atoms with Gasteiger partial charge < -0.3 is 81.5 Å². The summed E-state index contributed by atoms with van der Waals surface area (Å²) >= 11 is 0. The van der Waals surface area contributed by atoms with Gasteiger partial charge in [-0.2, -0.15) is 0 Å². The number of carbonyl (C=O) groups excluding carboxylic acids is 6. The maximum absolute atomic E-state index is 14.5. The van der Waals surface area contributed by atoms with Gasteiger partial charge in [0.05, 0.1) is 55.3 Å². The first kappa shape index (κ1) is 63.8. The van der Waals surface area contributed by atoms with E-state index in [4.69, 9.17) is 61.6 Å². The lowest BCUT2D eigenvalue weighted by atomic mass is 9.95. The summed E-state index contributed by atoms with van der Waals surface area (Å²) in [4.78, 5) is 85.5. The molecule has 0 radical (unpaired) electrons. The first-order valence-electron chi connectivity index (χ1n) is 27.0. The van der Waals surface area contributed by atoms with E-state index >= 15 is 0 Å². The highest BCUT2D eigenvalue weighted by Crippen LogP contribution is 2.39. The Morgan fingerprint density at radius 2 is 0.784 bits per heavy atom. The fraction of sp³-hybridized carbons (Fsp3) is 0.311. The summed E-state index contributed by atoms with van der Waals surface area (Å²) in [7, 11) is -3.18. The number of carbonyl (C=O) groups is 6. The Morgan fingerprint density at radius 3 is 1.17 bits per heavy atom. The van der Waals surface area contributed by atoms with Gasteiger partial charge in [0.1, 0.15) is 48.1 Å². The molecule has 464 valence electrons. The standard InChI is InChI=1S/C61H58O26S/c1-74-39-28-30-40(31-29-39)77-59-50(82-55(67)36-22-12-5-13-23-36)46(44(64)42(79-59)33-76-88(71,72)73)85-60-51(83-56(68)37-24-14-6-15-25-37)45(43(63)41(32-62)78-60)86-61-52(84-57(69)38-26-16-7-17-27-38)48(81-54(66)35-20-10-4-11-21-35)47(49(87-61)58(70)75-2)80-53(65)34-18-8-3-9-19-34/h3-31,41-52,59-64H,32-33H2,1-2H3,(H,71,72,73)/p-1/t41-,42-,43+,44+,45+,46+,47+,48+,49+,50-,51-,52-,59-,60+,61-/m1/s1. The summed E-state index contributed by atoms with van der Waals surface area (Å²) < 4.78 is 119. The molecule has 15 atom stereocenters. The molecule has 9 rings (SSSR count). The molecule has 27 heteroatoms. The Hall–Kier alpha value is -8.71. The van der Waals surface area contributed by atoms with Crippen LogP contribution in [0.1, 0.15) is 51.8 Å². The van der Waals surface area contributed by atoms with Crippen LogP contribution in [0.2, 0.25) is 0 Å². The highest BCUT2D eigenvalue weighted by molar-refractivity contribution is 7.80. The van der Waals surface area contributed by atoms with Gasteiger partial charge in [-0.15, -0.1) is 0 Å². The number of methoxy groups -OCH3 is 2. The van der Waals surface area contributed by atoms with Crippen molar-refractivity contribution in [2.45, 2.75) is 92.1 Å². The van der Waals surface area contributed by atoms with Crippen molar-refractivity contribution in [2.75, 3.05) is 27.4 Å². The molecule has 3 aliphatic rings. The minimum Gasteiger partial charge on any atom is -0.726 e. The summed E-state index contributed by atoms with van der Waals surface area (Å²) in [6.07, 6.45) is -32.0. The normalized spacial score (nSPS) is 26.9. The van der Waals surface area contributed by atoms with Crippen LogP contribution in [0.3, 0.4) is 0 Å². The van der Waals surface area contributed by atoms with Crippen LogP contribution in [0.15, 0.2) is 176 Å². The van der Waals surface area contributed by atoms with Gasteiger partial charge in [0.2, 0.25) is 16.7 Å². The Morgan fingerprint density at radius 1 is 0.443 bits per heavy atom. The van der Waals surface area contributed by atoms with Crippen molar-refractivity contribution < 1.29 is 123 Å². The summed E-state index contributed by atoms with van der Waals surface area (Å²) in [5.74, 6) is -6.59. The van der Waals surface area contributed by atoms with Crippen LogP contribution in [0.4, 0.5) is 0 Å². The average molecular weight is 1240 g/mol. The monoisotopic (exact) mass is 1240 g/mol. The fourth-order valence-corrected chi connectivity index (χ4v) is 9.83. The van der Waals surface area contributed by atoms with E-state index in [1.165, 1.54) is 153 Å². The van der Waals surface area contributed by atoms with E-state index in [0.717, 1.165) is 7.11 Å². The summed E-state index contributed by atoms with van der Waals surface area (Å²) in [6, 6.07) is 42.2. The number of aliphatic hydroxyl groups is 3. The van der Waals surface area contributed by atoms with Gasteiger partial charge in [-0.25, -0.2) is 37.2 Å². The number of esters is 6. The Labute approximate surface area is 502 Å². The SMILES string of the molecule is COC(=O)[C@H]1O[C@@H](O[C@H]2[C@@H](O)[C@@H](CO)O[C@@H](O[C@H]3[C@@H](O)[C@@H](COS(=O)(=O)[O-])O[C@@H](Oc4ccc(OC)cc4)[C@@H]3OC(=O)c3ccccc3)[C@@H]2OC(=O)c2ccccc2)[C@H](OC(=O)c2ccccc2)[C@@H](OC(=O)c2ccccc2)[C@@H]1OC(=O)c1ccccc1. The van der Waals surface area contributed by atoms with Gasteiger partial charge in [0, 0.05) is 0 Å². The zero-order chi connectivity index (χ0) is 62.5. The van der Waals surface area contributed by atoms with Crippen molar-refractivity contribution in [3.8, 4) is 11.5 Å². The van der Waals surface area contributed by atoms with E-state index in [1.807, 2.05) is 0 Å². The number of hydrogen-bond donors (Lipinski definition) is 3. The van der Waals surface area contributed by atoms with Crippen LogP contribution in [-0.4, -0.2) is 184 Å². The van der Waals surface area contributed by atoms with E-state index < -0.39 is 152 Å². The Kier molecular flexibility index (Phi) is 21.3. The van der Waals surface area contributed by atoms with Gasteiger partial charge in [-0.3, -0.25) is 4.18 Å². The lowest BCUT2D eigenvalue weighted by molar-refractivity contribution is -0.374. The fourth-order valence-electron chi connectivity index (χ4n) is 9.53. The van der Waals surface area contributed by atoms with E-state index in [9.17, 15) is 57.1 Å². The molecule has 88 heavy (non-hydrogen) atoms. The summed E-state index contributed by atoms with van der Waals surface area (Å²) in [6.45, 7) is -2.35. The molecular formula is C61H57O26S-. The third-order valence-electron chi connectivity index (χ3n) is 13.9. The van der Waals surface area contributed by atoms with Crippen LogP contribution in [0.25, 0.3) is 0 Å². The third-order valence-corrected chi connectivity index (χ3v) is 14.3. The maximum Gasteiger partial charge on any atom is 0.339 e. The first-order chi connectivity index (χ1) is 42.4. The second kappa shape index (κ2) is 29.3. The number of rotatable bonds is 22. The minimum atomic E-state index is -5.52. The van der Waals surface area contributed by atoms with Gasteiger partial charge in [0.15, 0.2) is 49.2 Å². The molecule has 0 aromatic heterocycles. The molecule has 0 spiro atoms. The van der Waals surface area contributed by atoms with Crippen molar-refractivity contribution in [3.63, 3.8) is 0 Å². The van der Waals surface area contributed by atoms with Crippen LogP contribution in [0.5, 0.6) is 11.5 Å². The van der Waals surface area contributed by atoms with E-state index in [-0.39, 0.29) is 33.6 Å². The molecule has 0 aliphatic carbocycles. The molecule has 3 fully saturated rings. The zero-order valence-electron chi connectivity index (χ0n) is 46.5. The van der Waals surface area contributed by atoms with Gasteiger partial charge in [-0.05, 0) is 84.9 Å². The second-order valence-electron chi connectivity index (χ2n) is 19.6. The van der Waals surface area contributed by atoms with Gasteiger partial charge >= 0.3 is 35.8 Å². The van der Waals surface area contributed by atoms with Gasteiger partial charge in [-0.1, -0.05) is 91.0 Å².